The van der Waals surface area contributed by atoms with Crippen LogP contribution in [0.3, 0.4) is 0 Å². The number of aromatic nitrogens is 2. The number of carbonyl (C=O) groups is 1. The summed E-state index contributed by atoms with van der Waals surface area (Å²) in [4.78, 5) is 21.4. The normalized spacial score (nSPS) is 14.2. The summed E-state index contributed by atoms with van der Waals surface area (Å²) in [6.45, 7) is 8.50. The Kier molecular flexibility index (Phi) is 5.89. The maximum absolute atomic E-state index is 12.3. The van der Waals surface area contributed by atoms with Gasteiger partial charge in [0.15, 0.2) is 0 Å². The molecule has 0 aliphatic rings. The second-order valence-corrected chi connectivity index (χ2v) is 4.89. The van der Waals surface area contributed by atoms with E-state index in [2.05, 4.69) is 37.7 Å². The van der Waals surface area contributed by atoms with Gasteiger partial charge in [-0.05, 0) is 33.1 Å². The van der Waals surface area contributed by atoms with Gasteiger partial charge in [0.05, 0.1) is 6.33 Å². The first-order valence-electron chi connectivity index (χ1n) is 6.88. The Bertz CT molecular complexity index is 338. The standard InChI is InChI=1S/C14H25N3O/c1-5-11(3)17(12(4)6-2)14(18)8-7-13-9-15-10-16-13/h9-12H,5-8H2,1-4H3,(H,15,16). The highest BCUT2D eigenvalue weighted by atomic mass is 16.2. The Morgan fingerprint density at radius 2 is 1.94 bits per heavy atom. The molecule has 0 radical (unpaired) electrons. The third kappa shape index (κ3) is 3.86. The number of imidazole rings is 1. The molecule has 0 fully saturated rings. The van der Waals surface area contributed by atoms with Crippen LogP contribution in [-0.2, 0) is 11.2 Å². The highest BCUT2D eigenvalue weighted by Crippen LogP contribution is 2.14. The third-order valence-electron chi connectivity index (χ3n) is 3.58. The van der Waals surface area contributed by atoms with Gasteiger partial charge in [-0.25, -0.2) is 4.98 Å². The van der Waals surface area contributed by atoms with Gasteiger partial charge in [-0.2, -0.15) is 0 Å². The molecular formula is C14H25N3O. The quantitative estimate of drug-likeness (QED) is 0.810. The fourth-order valence-electron chi connectivity index (χ4n) is 2.11. The number of rotatable bonds is 7. The highest BCUT2D eigenvalue weighted by molar-refractivity contribution is 5.77. The van der Waals surface area contributed by atoms with Gasteiger partial charge >= 0.3 is 0 Å². The van der Waals surface area contributed by atoms with E-state index in [1.807, 2.05) is 4.90 Å². The number of H-pyrrole nitrogens is 1. The molecule has 102 valence electrons. The summed E-state index contributed by atoms with van der Waals surface area (Å²) in [5.74, 6) is 0.244. The number of nitrogens with one attached hydrogen (secondary N) is 1. The predicted octanol–water partition coefficient (Wildman–Crippen LogP) is 2.77. The Morgan fingerprint density at radius 1 is 1.33 bits per heavy atom. The first-order chi connectivity index (χ1) is 8.60. The van der Waals surface area contributed by atoms with Crippen molar-refractivity contribution in [1.29, 1.82) is 0 Å². The van der Waals surface area contributed by atoms with Crippen molar-refractivity contribution < 1.29 is 4.79 Å². The minimum absolute atomic E-state index is 0.244. The lowest BCUT2D eigenvalue weighted by atomic mass is 10.1. The monoisotopic (exact) mass is 251 g/mol. The van der Waals surface area contributed by atoms with Gasteiger partial charge in [-0.1, -0.05) is 13.8 Å². The molecule has 0 spiro atoms. The number of hydrogen-bond donors (Lipinski definition) is 1. The van der Waals surface area contributed by atoms with E-state index in [1.165, 1.54) is 0 Å². The van der Waals surface area contributed by atoms with Crippen molar-refractivity contribution in [1.82, 2.24) is 14.9 Å². The molecule has 4 nitrogen and oxygen atoms in total. The van der Waals surface area contributed by atoms with Crippen LogP contribution in [0, 0.1) is 0 Å². The number of nitrogens with zero attached hydrogens (tertiary/aromatic N) is 2. The van der Waals surface area contributed by atoms with Crippen molar-refractivity contribution in [2.75, 3.05) is 0 Å². The van der Waals surface area contributed by atoms with Crippen LogP contribution in [0.2, 0.25) is 0 Å². The highest BCUT2D eigenvalue weighted by Gasteiger charge is 2.22. The lowest BCUT2D eigenvalue weighted by Crippen LogP contribution is -2.44. The second kappa shape index (κ2) is 7.19. The summed E-state index contributed by atoms with van der Waals surface area (Å²) >= 11 is 0. The van der Waals surface area contributed by atoms with Gasteiger partial charge in [0, 0.05) is 30.4 Å². The summed E-state index contributed by atoms with van der Waals surface area (Å²) in [5, 5.41) is 0. The lowest BCUT2D eigenvalue weighted by molar-refractivity contribution is -0.135. The summed E-state index contributed by atoms with van der Waals surface area (Å²) in [7, 11) is 0. The summed E-state index contributed by atoms with van der Waals surface area (Å²) in [5.41, 5.74) is 1.02. The molecule has 2 unspecified atom stereocenters. The summed E-state index contributed by atoms with van der Waals surface area (Å²) < 4.78 is 0. The molecule has 2 atom stereocenters. The zero-order chi connectivity index (χ0) is 13.5. The molecule has 0 saturated heterocycles. The first kappa shape index (κ1) is 14.7. The van der Waals surface area contributed by atoms with E-state index in [1.54, 1.807) is 12.5 Å². The van der Waals surface area contributed by atoms with Gasteiger partial charge in [-0.15, -0.1) is 0 Å². The molecule has 1 aromatic heterocycles. The van der Waals surface area contributed by atoms with Gasteiger partial charge < -0.3 is 9.88 Å². The van der Waals surface area contributed by atoms with E-state index in [0.717, 1.165) is 25.0 Å². The minimum Gasteiger partial charge on any atom is -0.348 e. The topological polar surface area (TPSA) is 49.0 Å². The maximum atomic E-state index is 12.3. The molecule has 1 amide bonds. The molecule has 1 heterocycles. The number of aromatic amines is 1. The fraction of sp³-hybridized carbons (Fsp3) is 0.714. The van der Waals surface area contributed by atoms with Crippen LogP contribution in [0.1, 0.15) is 52.7 Å². The number of aryl methyl sites for hydroxylation is 1. The van der Waals surface area contributed by atoms with Crippen LogP contribution < -0.4 is 0 Å². The second-order valence-electron chi connectivity index (χ2n) is 4.89. The van der Waals surface area contributed by atoms with E-state index < -0.39 is 0 Å². The number of amides is 1. The molecule has 4 heteroatoms. The molecule has 0 saturated carbocycles. The van der Waals surface area contributed by atoms with Crippen molar-refractivity contribution in [2.24, 2.45) is 0 Å². The molecule has 1 N–H and O–H groups in total. The molecule has 0 aliphatic carbocycles. The van der Waals surface area contributed by atoms with Gasteiger partial charge in [0.1, 0.15) is 0 Å². The zero-order valence-corrected chi connectivity index (χ0v) is 11.9. The molecule has 1 aromatic rings. The van der Waals surface area contributed by atoms with Gasteiger partial charge in [0.25, 0.3) is 0 Å². The van der Waals surface area contributed by atoms with Crippen LogP contribution in [0.5, 0.6) is 0 Å². The van der Waals surface area contributed by atoms with Crippen molar-refractivity contribution in [3.63, 3.8) is 0 Å². The smallest absolute Gasteiger partial charge is 0.223 e. The molecular weight excluding hydrogens is 226 g/mol. The summed E-state index contributed by atoms with van der Waals surface area (Å²) in [6.07, 6.45) is 6.73. The van der Waals surface area contributed by atoms with Crippen LogP contribution in [0.15, 0.2) is 12.5 Å². The minimum atomic E-state index is 0.244. The zero-order valence-electron chi connectivity index (χ0n) is 11.9. The number of carbonyl (C=O) groups excluding carboxylic acids is 1. The van der Waals surface area contributed by atoms with Crippen LogP contribution >= 0.6 is 0 Å². The third-order valence-corrected chi connectivity index (χ3v) is 3.58. The maximum Gasteiger partial charge on any atom is 0.223 e. The Hall–Kier alpha value is -1.32. The number of hydrogen-bond acceptors (Lipinski definition) is 2. The lowest BCUT2D eigenvalue weighted by Gasteiger charge is -2.34. The van der Waals surface area contributed by atoms with Crippen molar-refractivity contribution >= 4 is 5.91 Å². The molecule has 0 bridgehead atoms. The average Bonchev–Trinajstić information content (AvgIpc) is 2.89. The van der Waals surface area contributed by atoms with Crippen molar-refractivity contribution in [3.05, 3.63) is 18.2 Å². The Labute approximate surface area is 110 Å². The predicted molar refractivity (Wildman–Crippen MR) is 73.3 cm³/mol. The van der Waals surface area contributed by atoms with E-state index in [9.17, 15) is 4.79 Å². The van der Waals surface area contributed by atoms with Gasteiger partial charge in [0.2, 0.25) is 5.91 Å². The summed E-state index contributed by atoms with van der Waals surface area (Å²) in [6, 6.07) is 0.628. The van der Waals surface area contributed by atoms with E-state index >= 15 is 0 Å². The molecule has 18 heavy (non-hydrogen) atoms. The molecule has 0 aromatic carbocycles. The van der Waals surface area contributed by atoms with E-state index in [0.29, 0.717) is 18.5 Å². The van der Waals surface area contributed by atoms with Gasteiger partial charge in [-0.3, -0.25) is 4.79 Å². The Balaban J connectivity index is 2.58. The van der Waals surface area contributed by atoms with Crippen molar-refractivity contribution in [3.8, 4) is 0 Å². The first-order valence-corrected chi connectivity index (χ1v) is 6.88. The van der Waals surface area contributed by atoms with Crippen LogP contribution in [-0.4, -0.2) is 32.9 Å². The molecule has 1 rings (SSSR count). The van der Waals surface area contributed by atoms with E-state index in [4.69, 9.17) is 0 Å². The van der Waals surface area contributed by atoms with Crippen molar-refractivity contribution in [2.45, 2.75) is 65.5 Å². The SMILES string of the molecule is CCC(C)N(C(=O)CCc1cnc[nH]1)C(C)CC. The van der Waals surface area contributed by atoms with Crippen LogP contribution in [0.4, 0.5) is 0 Å². The molecule has 0 aliphatic heterocycles. The Morgan fingerprint density at radius 3 is 2.39 bits per heavy atom. The fourth-order valence-corrected chi connectivity index (χ4v) is 2.11. The van der Waals surface area contributed by atoms with E-state index in [-0.39, 0.29) is 5.91 Å². The van der Waals surface area contributed by atoms with Crippen LogP contribution in [0.25, 0.3) is 0 Å². The largest absolute Gasteiger partial charge is 0.348 e. The average molecular weight is 251 g/mol.